The molecular formula is C20H21ClN4O4. The normalized spacial score (nSPS) is 13.9. The summed E-state index contributed by atoms with van der Waals surface area (Å²) in [7, 11) is 0. The predicted molar refractivity (Wildman–Crippen MR) is 112 cm³/mol. The molecule has 0 saturated carbocycles. The fourth-order valence-electron chi connectivity index (χ4n) is 3.27. The maximum atomic E-state index is 12.7. The van der Waals surface area contributed by atoms with E-state index in [-0.39, 0.29) is 22.2 Å². The van der Waals surface area contributed by atoms with Crippen molar-refractivity contribution in [3.8, 4) is 0 Å². The molecule has 0 atom stereocenters. The van der Waals surface area contributed by atoms with Crippen molar-refractivity contribution in [2.75, 3.05) is 36.4 Å². The number of anilines is 2. The molecule has 8 nitrogen and oxygen atoms in total. The molecule has 0 spiro atoms. The standard InChI is InChI=1S/C20H21ClN4O4/c1-2-19(26)24-11-9-23(10-12-24)18-6-4-3-5-17(18)22-20(27)15-8-7-14(25(28)29)13-16(15)21/h3-8,13H,2,9-12H2,1H3,(H,22,27). The van der Waals surface area contributed by atoms with Gasteiger partial charge in [-0.2, -0.15) is 0 Å². The van der Waals surface area contributed by atoms with Crippen LogP contribution in [0.1, 0.15) is 23.7 Å². The molecule has 2 amide bonds. The lowest BCUT2D eigenvalue weighted by atomic mass is 10.1. The maximum Gasteiger partial charge on any atom is 0.270 e. The molecule has 1 fully saturated rings. The minimum absolute atomic E-state index is 0.0147. The molecule has 1 N–H and O–H groups in total. The molecular weight excluding hydrogens is 396 g/mol. The van der Waals surface area contributed by atoms with Crippen LogP contribution in [0.2, 0.25) is 5.02 Å². The number of benzene rings is 2. The molecule has 2 aromatic carbocycles. The Labute approximate surface area is 173 Å². The van der Waals surface area contributed by atoms with Crippen molar-refractivity contribution in [2.45, 2.75) is 13.3 Å². The average molecular weight is 417 g/mol. The zero-order chi connectivity index (χ0) is 21.0. The van der Waals surface area contributed by atoms with E-state index in [0.717, 1.165) is 11.8 Å². The zero-order valence-corrected chi connectivity index (χ0v) is 16.7. The highest BCUT2D eigenvalue weighted by Crippen LogP contribution is 2.29. The van der Waals surface area contributed by atoms with Gasteiger partial charge in [-0.05, 0) is 18.2 Å². The summed E-state index contributed by atoms with van der Waals surface area (Å²) in [5.41, 5.74) is 1.45. The van der Waals surface area contributed by atoms with Crippen LogP contribution in [-0.4, -0.2) is 47.8 Å². The molecule has 2 aromatic rings. The van der Waals surface area contributed by atoms with Crippen LogP contribution >= 0.6 is 11.6 Å². The smallest absolute Gasteiger partial charge is 0.270 e. The summed E-state index contributed by atoms with van der Waals surface area (Å²) in [5.74, 6) is -0.309. The molecule has 0 unspecified atom stereocenters. The number of non-ortho nitro benzene ring substituents is 1. The second-order valence-corrected chi connectivity index (χ2v) is 7.02. The van der Waals surface area contributed by atoms with Crippen molar-refractivity contribution in [3.63, 3.8) is 0 Å². The summed E-state index contributed by atoms with van der Waals surface area (Å²) >= 11 is 6.07. The van der Waals surface area contributed by atoms with Crippen LogP contribution in [-0.2, 0) is 4.79 Å². The first kappa shape index (κ1) is 20.6. The fraction of sp³-hybridized carbons (Fsp3) is 0.300. The number of nitrogens with zero attached hydrogens (tertiary/aromatic N) is 3. The number of rotatable bonds is 5. The highest BCUT2D eigenvalue weighted by molar-refractivity contribution is 6.34. The Kier molecular flexibility index (Phi) is 6.33. The highest BCUT2D eigenvalue weighted by atomic mass is 35.5. The Balaban J connectivity index is 1.75. The van der Waals surface area contributed by atoms with Crippen LogP contribution in [0, 0.1) is 10.1 Å². The van der Waals surface area contributed by atoms with E-state index in [1.165, 1.54) is 12.1 Å². The van der Waals surface area contributed by atoms with Crippen LogP contribution in [0.4, 0.5) is 17.1 Å². The van der Waals surface area contributed by atoms with Gasteiger partial charge in [0.25, 0.3) is 11.6 Å². The average Bonchev–Trinajstić information content (AvgIpc) is 2.73. The van der Waals surface area contributed by atoms with Crippen LogP contribution in [0.3, 0.4) is 0 Å². The number of para-hydroxylation sites is 2. The first-order chi connectivity index (χ1) is 13.9. The lowest BCUT2D eigenvalue weighted by molar-refractivity contribution is -0.384. The van der Waals surface area contributed by atoms with E-state index in [1.807, 2.05) is 30.0 Å². The number of nitro benzene ring substituents is 1. The third-order valence-electron chi connectivity index (χ3n) is 4.84. The Morgan fingerprint density at radius 1 is 1.14 bits per heavy atom. The first-order valence-corrected chi connectivity index (χ1v) is 9.65. The highest BCUT2D eigenvalue weighted by Gasteiger charge is 2.22. The first-order valence-electron chi connectivity index (χ1n) is 9.27. The number of halogens is 1. The number of nitrogens with one attached hydrogen (secondary N) is 1. The number of piperazine rings is 1. The Hall–Kier alpha value is -3.13. The topological polar surface area (TPSA) is 95.8 Å². The van der Waals surface area contributed by atoms with E-state index >= 15 is 0 Å². The van der Waals surface area contributed by atoms with E-state index in [0.29, 0.717) is 38.3 Å². The molecule has 0 bridgehead atoms. The van der Waals surface area contributed by atoms with Gasteiger partial charge in [0.15, 0.2) is 0 Å². The molecule has 0 radical (unpaired) electrons. The van der Waals surface area contributed by atoms with Crippen LogP contribution in [0.15, 0.2) is 42.5 Å². The summed E-state index contributed by atoms with van der Waals surface area (Å²) in [6, 6.07) is 11.1. The molecule has 0 aromatic heterocycles. The van der Waals surface area contributed by atoms with Gasteiger partial charge in [0.1, 0.15) is 0 Å². The van der Waals surface area contributed by atoms with Crippen molar-refractivity contribution in [2.24, 2.45) is 0 Å². The van der Waals surface area contributed by atoms with Crippen LogP contribution in [0.5, 0.6) is 0 Å². The SMILES string of the molecule is CCC(=O)N1CCN(c2ccccc2NC(=O)c2ccc([N+](=O)[O-])cc2Cl)CC1. The third-order valence-corrected chi connectivity index (χ3v) is 5.15. The van der Waals surface area contributed by atoms with Crippen molar-refractivity contribution in [1.29, 1.82) is 0 Å². The molecule has 0 aliphatic carbocycles. The van der Waals surface area contributed by atoms with Crippen molar-refractivity contribution in [3.05, 3.63) is 63.2 Å². The number of hydrogen-bond donors (Lipinski definition) is 1. The Morgan fingerprint density at radius 2 is 1.83 bits per heavy atom. The molecule has 1 heterocycles. The molecule has 9 heteroatoms. The monoisotopic (exact) mass is 416 g/mol. The summed E-state index contributed by atoms with van der Waals surface area (Å²) < 4.78 is 0. The van der Waals surface area contributed by atoms with Gasteiger partial charge in [0, 0.05) is 44.7 Å². The van der Waals surface area contributed by atoms with Gasteiger partial charge in [-0.15, -0.1) is 0 Å². The summed E-state index contributed by atoms with van der Waals surface area (Å²) in [4.78, 5) is 38.8. The lowest BCUT2D eigenvalue weighted by Gasteiger charge is -2.36. The van der Waals surface area contributed by atoms with E-state index in [2.05, 4.69) is 10.2 Å². The van der Waals surface area contributed by atoms with E-state index in [4.69, 9.17) is 11.6 Å². The fourth-order valence-corrected chi connectivity index (χ4v) is 3.53. The van der Waals surface area contributed by atoms with Gasteiger partial charge < -0.3 is 15.1 Å². The van der Waals surface area contributed by atoms with Crippen molar-refractivity contribution >= 4 is 40.5 Å². The molecule has 29 heavy (non-hydrogen) atoms. The van der Waals surface area contributed by atoms with Gasteiger partial charge in [-0.3, -0.25) is 19.7 Å². The zero-order valence-electron chi connectivity index (χ0n) is 15.9. The second-order valence-electron chi connectivity index (χ2n) is 6.61. The Morgan fingerprint density at radius 3 is 2.45 bits per heavy atom. The molecule has 1 aliphatic heterocycles. The van der Waals surface area contributed by atoms with Crippen LogP contribution in [0.25, 0.3) is 0 Å². The molecule has 1 saturated heterocycles. The number of carbonyl (C=O) groups excluding carboxylic acids is 2. The Bertz CT molecular complexity index is 942. The van der Waals surface area contributed by atoms with Gasteiger partial charge in [-0.25, -0.2) is 0 Å². The molecule has 152 valence electrons. The van der Waals surface area contributed by atoms with E-state index in [1.54, 1.807) is 6.07 Å². The summed E-state index contributed by atoms with van der Waals surface area (Å²) in [5, 5.41) is 13.7. The van der Waals surface area contributed by atoms with Gasteiger partial charge in [0.05, 0.1) is 26.9 Å². The van der Waals surface area contributed by atoms with Crippen molar-refractivity contribution < 1.29 is 14.5 Å². The quantitative estimate of drug-likeness (QED) is 0.593. The number of carbonyl (C=O) groups is 2. The molecule has 1 aliphatic rings. The minimum Gasteiger partial charge on any atom is -0.366 e. The van der Waals surface area contributed by atoms with E-state index in [9.17, 15) is 19.7 Å². The maximum absolute atomic E-state index is 12.7. The summed E-state index contributed by atoms with van der Waals surface area (Å²) in [6.45, 7) is 4.43. The lowest BCUT2D eigenvalue weighted by Crippen LogP contribution is -2.48. The minimum atomic E-state index is -0.564. The van der Waals surface area contributed by atoms with E-state index < -0.39 is 10.8 Å². The van der Waals surface area contributed by atoms with Gasteiger partial charge >= 0.3 is 0 Å². The van der Waals surface area contributed by atoms with Gasteiger partial charge in [-0.1, -0.05) is 30.7 Å². The largest absolute Gasteiger partial charge is 0.366 e. The number of amides is 2. The third kappa shape index (κ3) is 4.65. The number of nitro groups is 1. The second kappa shape index (κ2) is 8.91. The predicted octanol–water partition coefficient (Wildman–Crippen LogP) is 3.56. The van der Waals surface area contributed by atoms with Crippen molar-refractivity contribution in [1.82, 2.24) is 4.90 Å². The molecule has 3 rings (SSSR count). The van der Waals surface area contributed by atoms with Gasteiger partial charge in [0.2, 0.25) is 5.91 Å². The van der Waals surface area contributed by atoms with Crippen LogP contribution < -0.4 is 10.2 Å². The number of hydrogen-bond acceptors (Lipinski definition) is 5. The summed E-state index contributed by atoms with van der Waals surface area (Å²) in [6.07, 6.45) is 0.489.